The van der Waals surface area contributed by atoms with E-state index < -0.39 is 27.9 Å². The summed E-state index contributed by atoms with van der Waals surface area (Å²) in [5.74, 6) is -0.428. The number of nitrogens with one attached hydrogen (secondary N) is 1. The minimum absolute atomic E-state index is 0.229. The first kappa shape index (κ1) is 24.1. The molecule has 3 rings (SSSR count). The molecule has 0 saturated heterocycles. The van der Waals surface area contributed by atoms with E-state index in [9.17, 15) is 18.0 Å². The highest BCUT2D eigenvalue weighted by atomic mass is 32.2. The molecule has 8 nitrogen and oxygen atoms in total. The minimum atomic E-state index is -3.77. The van der Waals surface area contributed by atoms with E-state index in [-0.39, 0.29) is 6.61 Å². The van der Waals surface area contributed by atoms with Crippen LogP contribution in [0.1, 0.15) is 47.5 Å². The smallest absolute Gasteiger partial charge is 0.341 e. The first-order chi connectivity index (χ1) is 15.2. The number of thiophene rings is 1. The lowest BCUT2D eigenvalue weighted by Crippen LogP contribution is -2.45. The zero-order valence-electron chi connectivity index (χ0n) is 18.6. The fourth-order valence-electron chi connectivity index (χ4n) is 3.83. The Morgan fingerprint density at radius 3 is 2.44 bits per heavy atom. The molecule has 1 aromatic heterocycles. The van der Waals surface area contributed by atoms with E-state index in [1.165, 1.54) is 25.4 Å². The first-order valence-corrected chi connectivity index (χ1v) is 13.1. The van der Waals surface area contributed by atoms with Gasteiger partial charge in [-0.1, -0.05) is 0 Å². The topological polar surface area (TPSA) is 102 Å². The molecule has 1 aliphatic rings. The van der Waals surface area contributed by atoms with Crippen molar-refractivity contribution in [2.75, 3.05) is 29.6 Å². The lowest BCUT2D eigenvalue weighted by atomic mass is 9.95. The number of amides is 1. The zero-order chi connectivity index (χ0) is 23.5. The molecule has 0 saturated carbocycles. The summed E-state index contributed by atoms with van der Waals surface area (Å²) in [6.45, 7) is 3.47. The molecule has 0 radical (unpaired) electrons. The maximum atomic E-state index is 13.2. The van der Waals surface area contributed by atoms with Crippen molar-refractivity contribution in [2.45, 2.75) is 45.6 Å². The van der Waals surface area contributed by atoms with Gasteiger partial charge in [-0.3, -0.25) is 9.10 Å². The molecule has 1 heterocycles. The monoisotopic (exact) mass is 480 g/mol. The molecule has 10 heteroatoms. The average molecular weight is 481 g/mol. The van der Waals surface area contributed by atoms with Crippen LogP contribution in [0.2, 0.25) is 0 Å². The number of methoxy groups -OCH3 is 1. The molecular formula is C22H28N2O6S2. The normalized spacial score (nSPS) is 14.2. The molecule has 2 aromatic rings. The molecular weight excluding hydrogens is 452 g/mol. The van der Waals surface area contributed by atoms with Gasteiger partial charge in [-0.15, -0.1) is 11.3 Å². The number of anilines is 2. The largest absolute Gasteiger partial charge is 0.497 e. The van der Waals surface area contributed by atoms with Gasteiger partial charge in [0.25, 0.3) is 0 Å². The lowest BCUT2D eigenvalue weighted by molar-refractivity contribution is -0.116. The SMILES string of the molecule is CCOC(=O)c1c(NC(=O)[C@H](C)N(c2ccc(OC)cc2)S(C)(=O)=O)sc2c1CCCC2. The van der Waals surface area contributed by atoms with Crippen LogP contribution in [-0.2, 0) is 32.4 Å². The van der Waals surface area contributed by atoms with Crippen LogP contribution in [0.4, 0.5) is 10.7 Å². The molecule has 1 amide bonds. The van der Waals surface area contributed by atoms with Crippen molar-refractivity contribution in [3.8, 4) is 5.75 Å². The summed E-state index contributed by atoms with van der Waals surface area (Å²) in [6, 6.07) is 5.37. The van der Waals surface area contributed by atoms with E-state index in [0.717, 1.165) is 46.7 Å². The number of fused-ring (bicyclic) bond motifs is 1. The number of hydrogen-bond donors (Lipinski definition) is 1. The number of carbonyl (C=O) groups is 2. The molecule has 174 valence electrons. The Balaban J connectivity index is 1.92. The number of sulfonamides is 1. The van der Waals surface area contributed by atoms with Crippen LogP contribution in [-0.4, -0.2) is 46.3 Å². The van der Waals surface area contributed by atoms with Gasteiger partial charge in [0.05, 0.1) is 31.2 Å². The van der Waals surface area contributed by atoms with E-state index in [4.69, 9.17) is 9.47 Å². The maximum Gasteiger partial charge on any atom is 0.341 e. The zero-order valence-corrected chi connectivity index (χ0v) is 20.3. The summed E-state index contributed by atoms with van der Waals surface area (Å²) in [4.78, 5) is 26.9. The Labute approximate surface area is 192 Å². The number of aryl methyl sites for hydroxylation is 1. The van der Waals surface area contributed by atoms with Crippen molar-refractivity contribution in [1.82, 2.24) is 0 Å². The van der Waals surface area contributed by atoms with Crippen LogP contribution in [0.15, 0.2) is 24.3 Å². The Morgan fingerprint density at radius 2 is 1.84 bits per heavy atom. The van der Waals surface area contributed by atoms with Crippen LogP contribution in [0.5, 0.6) is 5.75 Å². The third-order valence-electron chi connectivity index (χ3n) is 5.30. The van der Waals surface area contributed by atoms with Crippen molar-refractivity contribution in [2.24, 2.45) is 0 Å². The second-order valence-corrected chi connectivity index (χ2v) is 10.5. The summed E-state index contributed by atoms with van der Waals surface area (Å²) < 4.78 is 36.5. The van der Waals surface area contributed by atoms with E-state index in [1.807, 2.05) is 0 Å². The van der Waals surface area contributed by atoms with Gasteiger partial charge in [-0.2, -0.15) is 0 Å². The van der Waals surface area contributed by atoms with Gasteiger partial charge in [0.1, 0.15) is 16.8 Å². The molecule has 1 N–H and O–H groups in total. The van der Waals surface area contributed by atoms with Crippen molar-refractivity contribution in [3.63, 3.8) is 0 Å². The summed E-state index contributed by atoms with van der Waals surface area (Å²) >= 11 is 1.36. The van der Waals surface area contributed by atoms with Gasteiger partial charge in [0.15, 0.2) is 0 Å². The van der Waals surface area contributed by atoms with Gasteiger partial charge >= 0.3 is 5.97 Å². The fraction of sp³-hybridized carbons (Fsp3) is 0.455. The molecule has 0 bridgehead atoms. The number of rotatable bonds is 8. The maximum absolute atomic E-state index is 13.2. The number of ether oxygens (including phenoxy) is 2. The van der Waals surface area contributed by atoms with Crippen LogP contribution in [0, 0.1) is 0 Å². The van der Waals surface area contributed by atoms with Crippen LogP contribution >= 0.6 is 11.3 Å². The van der Waals surface area contributed by atoms with Gasteiger partial charge in [0.2, 0.25) is 15.9 Å². The van der Waals surface area contributed by atoms with E-state index >= 15 is 0 Å². The summed E-state index contributed by atoms with van der Waals surface area (Å²) in [5.41, 5.74) is 1.66. The van der Waals surface area contributed by atoms with Crippen LogP contribution < -0.4 is 14.4 Å². The number of benzene rings is 1. The molecule has 32 heavy (non-hydrogen) atoms. The van der Waals surface area contributed by atoms with Gasteiger partial charge in [0, 0.05) is 4.88 Å². The Kier molecular flexibility index (Phi) is 7.45. The van der Waals surface area contributed by atoms with Crippen molar-refractivity contribution in [1.29, 1.82) is 0 Å². The average Bonchev–Trinajstić information content (AvgIpc) is 3.11. The van der Waals surface area contributed by atoms with Crippen LogP contribution in [0.3, 0.4) is 0 Å². The molecule has 0 aliphatic heterocycles. The van der Waals surface area contributed by atoms with E-state index in [2.05, 4.69) is 5.32 Å². The van der Waals surface area contributed by atoms with Crippen LogP contribution in [0.25, 0.3) is 0 Å². The minimum Gasteiger partial charge on any atom is -0.497 e. The third-order valence-corrected chi connectivity index (χ3v) is 7.75. The van der Waals surface area contributed by atoms with Crippen molar-refractivity contribution < 1.29 is 27.5 Å². The number of hydrogen-bond acceptors (Lipinski definition) is 7. The van der Waals surface area contributed by atoms with Crippen molar-refractivity contribution in [3.05, 3.63) is 40.3 Å². The fourth-order valence-corrected chi connectivity index (χ4v) is 6.28. The number of carbonyl (C=O) groups excluding carboxylic acids is 2. The first-order valence-electron chi connectivity index (χ1n) is 10.4. The Morgan fingerprint density at radius 1 is 1.19 bits per heavy atom. The summed E-state index contributed by atoms with van der Waals surface area (Å²) in [5, 5.41) is 3.21. The predicted molar refractivity (Wildman–Crippen MR) is 125 cm³/mol. The van der Waals surface area contributed by atoms with E-state index in [0.29, 0.717) is 22.0 Å². The highest BCUT2D eigenvalue weighted by Gasteiger charge is 2.32. The number of nitrogens with zero attached hydrogens (tertiary/aromatic N) is 1. The molecule has 1 atom stereocenters. The third kappa shape index (κ3) is 5.07. The highest BCUT2D eigenvalue weighted by Crippen LogP contribution is 2.39. The predicted octanol–water partition coefficient (Wildman–Crippen LogP) is 3.61. The van der Waals surface area contributed by atoms with Gasteiger partial charge in [-0.05, 0) is 69.4 Å². The molecule has 0 fully saturated rings. The second kappa shape index (κ2) is 9.91. The summed E-state index contributed by atoms with van der Waals surface area (Å²) in [6.07, 6.45) is 4.65. The number of esters is 1. The Hall–Kier alpha value is -2.59. The van der Waals surface area contributed by atoms with Gasteiger partial charge < -0.3 is 14.8 Å². The quantitative estimate of drug-likeness (QED) is 0.579. The second-order valence-electron chi connectivity index (χ2n) is 7.56. The standard InChI is InChI=1S/C22H28N2O6S2/c1-5-30-22(26)19-17-8-6-7-9-18(17)31-21(19)23-20(25)14(2)24(32(4,27)28)15-10-12-16(29-3)13-11-15/h10-14H,5-9H2,1-4H3,(H,23,25)/t14-/m0/s1. The molecule has 0 unspecified atom stereocenters. The highest BCUT2D eigenvalue weighted by molar-refractivity contribution is 7.92. The molecule has 1 aliphatic carbocycles. The van der Waals surface area contributed by atoms with E-state index in [1.54, 1.807) is 31.2 Å². The summed E-state index contributed by atoms with van der Waals surface area (Å²) in [7, 11) is -2.25. The Bertz CT molecular complexity index is 1090. The molecule has 1 aromatic carbocycles. The molecule has 0 spiro atoms. The van der Waals surface area contributed by atoms with Crippen molar-refractivity contribution >= 4 is 43.9 Å². The lowest BCUT2D eigenvalue weighted by Gasteiger charge is -2.28. The van der Waals surface area contributed by atoms with Gasteiger partial charge in [-0.25, -0.2) is 13.2 Å².